The third-order valence-corrected chi connectivity index (χ3v) is 14.1. The molecule has 2 aliphatic rings. The minimum Gasteiger partial charge on any atom is -0.310 e. The summed E-state index contributed by atoms with van der Waals surface area (Å²) < 4.78 is 0. The van der Waals surface area contributed by atoms with E-state index in [4.69, 9.17) is 0 Å². The largest absolute Gasteiger partial charge is 0.310 e. The van der Waals surface area contributed by atoms with Gasteiger partial charge in [0.2, 0.25) is 0 Å². The van der Waals surface area contributed by atoms with E-state index in [1.54, 1.807) is 0 Å². The average Bonchev–Trinajstić information content (AvgIpc) is 3.55. The van der Waals surface area contributed by atoms with Crippen LogP contribution < -0.4 is 9.80 Å². The van der Waals surface area contributed by atoms with E-state index in [2.05, 4.69) is 242 Å². The van der Waals surface area contributed by atoms with Crippen molar-refractivity contribution in [2.24, 2.45) is 0 Å². The molecular formula is C59H42N2S. The van der Waals surface area contributed by atoms with Gasteiger partial charge in [0.1, 0.15) is 0 Å². The second-order valence-electron chi connectivity index (χ2n) is 16.9. The smallest absolute Gasteiger partial charge is 0.0540 e. The molecular weight excluding hydrogens is 769 g/mol. The molecule has 0 saturated heterocycles. The zero-order chi connectivity index (χ0) is 41.4. The van der Waals surface area contributed by atoms with Crippen LogP contribution in [0.3, 0.4) is 0 Å². The lowest BCUT2D eigenvalue weighted by atomic mass is 9.82. The summed E-state index contributed by atoms with van der Waals surface area (Å²) in [5.74, 6) is 0. The number of nitrogens with zero attached hydrogens (tertiary/aromatic N) is 2. The van der Waals surface area contributed by atoms with Crippen molar-refractivity contribution in [3.63, 3.8) is 0 Å². The number of hydrogen-bond acceptors (Lipinski definition) is 3. The van der Waals surface area contributed by atoms with Gasteiger partial charge in [-0.1, -0.05) is 165 Å². The van der Waals surface area contributed by atoms with Crippen LogP contribution in [0.15, 0.2) is 228 Å². The molecule has 0 radical (unpaired) electrons. The number of para-hydroxylation sites is 3. The predicted octanol–water partition coefficient (Wildman–Crippen LogP) is 17.0. The maximum Gasteiger partial charge on any atom is 0.0540 e. The minimum atomic E-state index is -0.122. The summed E-state index contributed by atoms with van der Waals surface area (Å²) in [7, 11) is 0. The first-order valence-electron chi connectivity index (χ1n) is 21.4. The molecule has 10 aromatic rings. The van der Waals surface area contributed by atoms with E-state index in [-0.39, 0.29) is 5.41 Å². The molecule has 0 aromatic heterocycles. The van der Waals surface area contributed by atoms with Gasteiger partial charge in [0.15, 0.2) is 0 Å². The number of anilines is 6. The molecule has 294 valence electrons. The van der Waals surface area contributed by atoms with Gasteiger partial charge in [0, 0.05) is 54.6 Å². The van der Waals surface area contributed by atoms with Gasteiger partial charge in [-0.25, -0.2) is 0 Å². The van der Waals surface area contributed by atoms with Crippen molar-refractivity contribution in [1.29, 1.82) is 0 Å². The Morgan fingerprint density at radius 3 is 1.71 bits per heavy atom. The van der Waals surface area contributed by atoms with E-state index in [1.165, 1.54) is 75.8 Å². The summed E-state index contributed by atoms with van der Waals surface area (Å²) >= 11 is 1.88. The average molecular weight is 811 g/mol. The molecule has 10 aromatic carbocycles. The third-order valence-electron chi connectivity index (χ3n) is 13.0. The minimum absolute atomic E-state index is 0.122. The Labute approximate surface area is 367 Å². The van der Waals surface area contributed by atoms with E-state index < -0.39 is 0 Å². The van der Waals surface area contributed by atoms with Gasteiger partial charge in [0.25, 0.3) is 0 Å². The van der Waals surface area contributed by atoms with Gasteiger partial charge in [0.05, 0.1) is 5.69 Å². The van der Waals surface area contributed by atoms with Crippen molar-refractivity contribution >= 4 is 67.4 Å². The lowest BCUT2D eigenvalue weighted by Gasteiger charge is -2.30. The fourth-order valence-electron chi connectivity index (χ4n) is 10.1. The van der Waals surface area contributed by atoms with E-state index in [0.717, 1.165) is 34.1 Å². The number of benzene rings is 10. The highest BCUT2D eigenvalue weighted by molar-refractivity contribution is 7.99. The highest BCUT2D eigenvalue weighted by Gasteiger charge is 2.36. The van der Waals surface area contributed by atoms with Crippen LogP contribution in [-0.2, 0) is 5.41 Å². The summed E-state index contributed by atoms with van der Waals surface area (Å²) in [5, 5.41) is 5.07. The van der Waals surface area contributed by atoms with Crippen LogP contribution in [-0.4, -0.2) is 0 Å². The monoisotopic (exact) mass is 810 g/mol. The fraction of sp³-hybridized carbons (Fsp3) is 0.0508. The molecule has 0 amide bonds. The van der Waals surface area contributed by atoms with Gasteiger partial charge < -0.3 is 9.80 Å². The summed E-state index contributed by atoms with van der Waals surface area (Å²) in [6, 6.07) is 80.3. The van der Waals surface area contributed by atoms with E-state index in [1.807, 2.05) is 11.8 Å². The number of fused-ring (bicyclic) bond motifs is 7. The first-order chi connectivity index (χ1) is 30.5. The fourth-order valence-corrected chi connectivity index (χ4v) is 11.2. The topological polar surface area (TPSA) is 6.48 Å². The molecule has 0 bridgehead atoms. The van der Waals surface area contributed by atoms with Gasteiger partial charge in [-0.05, 0) is 134 Å². The van der Waals surface area contributed by atoms with Crippen LogP contribution in [0.25, 0.3) is 54.9 Å². The molecule has 0 atom stereocenters. The van der Waals surface area contributed by atoms with Crippen molar-refractivity contribution in [3.8, 4) is 33.4 Å². The lowest BCUT2D eigenvalue weighted by molar-refractivity contribution is 0.660. The predicted molar refractivity (Wildman–Crippen MR) is 263 cm³/mol. The van der Waals surface area contributed by atoms with Gasteiger partial charge in [-0.3, -0.25) is 0 Å². The summed E-state index contributed by atoms with van der Waals surface area (Å²) in [6.07, 6.45) is 0. The Morgan fingerprint density at radius 1 is 0.355 bits per heavy atom. The van der Waals surface area contributed by atoms with Gasteiger partial charge >= 0.3 is 0 Å². The Bertz CT molecular complexity index is 3320. The molecule has 0 fully saturated rings. The van der Waals surface area contributed by atoms with E-state index >= 15 is 0 Å². The molecule has 1 aliphatic carbocycles. The third kappa shape index (κ3) is 5.80. The molecule has 1 heterocycles. The zero-order valence-electron chi connectivity index (χ0n) is 34.6. The number of rotatable bonds is 7. The van der Waals surface area contributed by atoms with E-state index in [0.29, 0.717) is 0 Å². The van der Waals surface area contributed by atoms with Crippen molar-refractivity contribution in [2.75, 3.05) is 9.80 Å². The van der Waals surface area contributed by atoms with Crippen molar-refractivity contribution in [1.82, 2.24) is 0 Å². The van der Waals surface area contributed by atoms with Crippen LogP contribution in [0.4, 0.5) is 34.1 Å². The summed E-state index contributed by atoms with van der Waals surface area (Å²) in [6.45, 7) is 4.73. The van der Waals surface area contributed by atoms with Crippen molar-refractivity contribution in [3.05, 3.63) is 230 Å². The number of hydrogen-bond donors (Lipinski definition) is 0. The molecule has 62 heavy (non-hydrogen) atoms. The van der Waals surface area contributed by atoms with Gasteiger partial charge in [-0.15, -0.1) is 0 Å². The Balaban J connectivity index is 1.02. The van der Waals surface area contributed by atoms with Crippen molar-refractivity contribution in [2.45, 2.75) is 29.1 Å². The van der Waals surface area contributed by atoms with E-state index in [9.17, 15) is 0 Å². The molecule has 12 rings (SSSR count). The molecule has 0 spiro atoms. The highest BCUT2D eigenvalue weighted by atomic mass is 32.2. The summed E-state index contributed by atoms with van der Waals surface area (Å²) in [4.78, 5) is 7.38. The quantitative estimate of drug-likeness (QED) is 0.148. The Kier molecular flexibility index (Phi) is 8.48. The molecule has 0 saturated carbocycles. The molecule has 3 heteroatoms. The molecule has 0 unspecified atom stereocenters. The second kappa shape index (κ2) is 14.4. The Morgan fingerprint density at radius 2 is 0.952 bits per heavy atom. The second-order valence-corrected chi connectivity index (χ2v) is 18.0. The molecule has 0 N–H and O–H groups in total. The van der Waals surface area contributed by atoms with Crippen LogP contribution in [0.5, 0.6) is 0 Å². The highest BCUT2D eigenvalue weighted by Crippen LogP contribution is 2.54. The van der Waals surface area contributed by atoms with Crippen LogP contribution >= 0.6 is 11.8 Å². The standard InChI is InChI=1S/C59H42N2S/c1-59(2)53-26-14-12-24-47(53)48-33-31-44(37-54(48)59)61(55-27-15-13-23-46(55)39-17-6-3-7-18-39)43-30-29-40-35-52-49-34-32-45(60(41-19-8-4-9-20-41)42-21-10-5-11-22-42)38-57(49)62-56-28-16-25-50(58(52)56)51(40)36-43/h3-38H,1-2H3. The maximum absolute atomic E-state index is 2.48. The first-order valence-corrected chi connectivity index (χ1v) is 22.2. The Hall–Kier alpha value is -7.33. The van der Waals surface area contributed by atoms with Crippen LogP contribution in [0, 0.1) is 0 Å². The SMILES string of the molecule is CC1(C)c2ccccc2-c2ccc(N(c3ccc4cc5c6c(cccc6c4c3)Sc3cc(N(c4ccccc4)c4ccccc4)ccc3-5)c3ccccc3-c3ccccc3)cc21. The molecule has 2 nitrogen and oxygen atoms in total. The summed E-state index contributed by atoms with van der Waals surface area (Å²) in [5.41, 5.74) is 17.1. The molecule has 1 aliphatic heterocycles. The van der Waals surface area contributed by atoms with Crippen LogP contribution in [0.1, 0.15) is 25.0 Å². The van der Waals surface area contributed by atoms with Crippen LogP contribution in [0.2, 0.25) is 0 Å². The first kappa shape index (κ1) is 36.5. The maximum atomic E-state index is 2.48. The van der Waals surface area contributed by atoms with Crippen molar-refractivity contribution < 1.29 is 0 Å². The van der Waals surface area contributed by atoms with Gasteiger partial charge in [-0.2, -0.15) is 0 Å². The zero-order valence-corrected chi connectivity index (χ0v) is 35.4. The normalized spacial score (nSPS) is 13.1. The lowest BCUT2D eigenvalue weighted by Crippen LogP contribution is -2.16.